The van der Waals surface area contributed by atoms with E-state index in [4.69, 9.17) is 4.74 Å². The minimum Gasteiger partial charge on any atom is -0.444 e. The summed E-state index contributed by atoms with van der Waals surface area (Å²) in [6.07, 6.45) is 1.52. The highest BCUT2D eigenvalue weighted by atomic mass is 16.6. The van der Waals surface area contributed by atoms with Gasteiger partial charge in [0.25, 0.3) is 0 Å². The van der Waals surface area contributed by atoms with Crippen molar-refractivity contribution in [3.8, 4) is 0 Å². The van der Waals surface area contributed by atoms with Gasteiger partial charge in [-0.2, -0.15) is 0 Å². The Kier molecular flexibility index (Phi) is 4.17. The lowest BCUT2D eigenvalue weighted by molar-refractivity contribution is 0.0530. The number of carbonyl (C=O) groups is 1. The Hall–Kier alpha value is -2.17. The third kappa shape index (κ3) is 3.91. The number of nitrogens with one attached hydrogen (secondary N) is 3. The maximum Gasteiger partial charge on any atom is 0.407 e. The molecule has 2 aromatic rings. The number of hydrogen-bond acceptors (Lipinski definition) is 3. The van der Waals surface area contributed by atoms with Crippen LogP contribution in [0.5, 0.6) is 0 Å². The van der Waals surface area contributed by atoms with E-state index < -0.39 is 11.7 Å². The molecule has 5 nitrogen and oxygen atoms in total. The summed E-state index contributed by atoms with van der Waals surface area (Å²) in [4.78, 5) is 14.7. The number of anilines is 1. The Morgan fingerprint density at radius 2 is 2.05 bits per heavy atom. The van der Waals surface area contributed by atoms with E-state index in [1.165, 1.54) is 0 Å². The summed E-state index contributed by atoms with van der Waals surface area (Å²) in [6, 6.07) is 8.08. The number of fused-ring (bicyclic) bond motifs is 1. The molecule has 1 aromatic heterocycles. The fourth-order valence-electron chi connectivity index (χ4n) is 1.91. The fraction of sp³-hybridized carbons (Fsp3) is 0.400. The average Bonchev–Trinajstić information content (AvgIpc) is 2.81. The van der Waals surface area contributed by atoms with Gasteiger partial charge in [-0.3, -0.25) is 0 Å². The van der Waals surface area contributed by atoms with Crippen molar-refractivity contribution in [3.63, 3.8) is 0 Å². The molecule has 0 bridgehead atoms. The van der Waals surface area contributed by atoms with Gasteiger partial charge < -0.3 is 20.4 Å². The molecule has 0 saturated carbocycles. The normalized spacial score (nSPS) is 11.3. The molecule has 3 N–H and O–H groups in total. The molecular weight excluding hydrogens is 254 g/mol. The van der Waals surface area contributed by atoms with Gasteiger partial charge in [0.15, 0.2) is 0 Å². The van der Waals surface area contributed by atoms with E-state index in [9.17, 15) is 4.79 Å². The summed E-state index contributed by atoms with van der Waals surface area (Å²) in [5.41, 5.74) is 1.64. The van der Waals surface area contributed by atoms with Crippen LogP contribution in [0.4, 0.5) is 10.5 Å². The van der Waals surface area contributed by atoms with Crippen LogP contribution in [0.3, 0.4) is 0 Å². The van der Waals surface area contributed by atoms with Gasteiger partial charge in [-0.25, -0.2) is 4.79 Å². The van der Waals surface area contributed by atoms with Crippen LogP contribution in [0.1, 0.15) is 20.8 Å². The monoisotopic (exact) mass is 275 g/mol. The van der Waals surface area contributed by atoms with Crippen LogP contribution in [-0.2, 0) is 4.74 Å². The highest BCUT2D eigenvalue weighted by molar-refractivity contribution is 5.90. The topological polar surface area (TPSA) is 66.2 Å². The Balaban J connectivity index is 1.79. The van der Waals surface area contributed by atoms with Crippen molar-refractivity contribution in [1.82, 2.24) is 10.3 Å². The lowest BCUT2D eigenvalue weighted by Gasteiger charge is -2.19. The highest BCUT2D eigenvalue weighted by Crippen LogP contribution is 2.20. The van der Waals surface area contributed by atoms with E-state index >= 15 is 0 Å². The molecule has 0 unspecified atom stereocenters. The van der Waals surface area contributed by atoms with Crippen LogP contribution in [0.15, 0.2) is 30.5 Å². The summed E-state index contributed by atoms with van der Waals surface area (Å²) < 4.78 is 5.16. The smallest absolute Gasteiger partial charge is 0.407 e. The van der Waals surface area contributed by atoms with Crippen LogP contribution in [0.2, 0.25) is 0 Å². The van der Waals surface area contributed by atoms with Gasteiger partial charge in [-0.1, -0.05) is 12.1 Å². The van der Waals surface area contributed by atoms with E-state index in [0.717, 1.165) is 16.6 Å². The number of carbonyl (C=O) groups excluding carboxylic acids is 1. The Bertz CT molecular complexity index is 584. The van der Waals surface area contributed by atoms with E-state index in [1.807, 2.05) is 45.2 Å². The number of benzene rings is 1. The van der Waals surface area contributed by atoms with Gasteiger partial charge in [0.2, 0.25) is 0 Å². The zero-order valence-corrected chi connectivity index (χ0v) is 12.1. The molecule has 0 spiro atoms. The third-order valence-corrected chi connectivity index (χ3v) is 2.70. The third-order valence-electron chi connectivity index (χ3n) is 2.70. The maximum absolute atomic E-state index is 11.5. The minimum atomic E-state index is -0.465. The fourth-order valence-corrected chi connectivity index (χ4v) is 1.91. The zero-order chi connectivity index (χ0) is 14.6. The molecule has 0 aliphatic heterocycles. The number of alkyl carbamates (subject to hydrolysis) is 1. The minimum absolute atomic E-state index is 0.391. The summed E-state index contributed by atoms with van der Waals surface area (Å²) in [5.74, 6) is 0. The van der Waals surface area contributed by atoms with Crippen molar-refractivity contribution in [3.05, 3.63) is 30.5 Å². The molecular formula is C15H21N3O2. The number of hydrogen-bond donors (Lipinski definition) is 3. The van der Waals surface area contributed by atoms with Crippen molar-refractivity contribution >= 4 is 22.7 Å². The quantitative estimate of drug-likeness (QED) is 0.751. The van der Waals surface area contributed by atoms with Gasteiger partial charge in [0, 0.05) is 24.7 Å². The number of aromatic nitrogens is 1. The molecule has 0 aliphatic carbocycles. The largest absolute Gasteiger partial charge is 0.444 e. The number of para-hydroxylation sites is 1. The molecule has 0 aliphatic rings. The SMILES string of the molecule is CC(C)(C)OC(=O)NCCNc1cccc2cc[nH]c12. The van der Waals surface area contributed by atoms with E-state index in [2.05, 4.69) is 21.7 Å². The molecule has 1 aromatic carbocycles. The molecule has 0 radical (unpaired) electrons. The van der Waals surface area contributed by atoms with Crippen molar-refractivity contribution in [2.45, 2.75) is 26.4 Å². The molecule has 2 rings (SSSR count). The predicted octanol–water partition coefficient (Wildman–Crippen LogP) is 3.10. The van der Waals surface area contributed by atoms with Crippen LogP contribution in [0, 0.1) is 0 Å². The predicted molar refractivity (Wildman–Crippen MR) is 81.0 cm³/mol. The highest BCUT2D eigenvalue weighted by Gasteiger charge is 2.15. The standard InChI is InChI=1S/C15H21N3O2/c1-15(2,3)20-14(19)18-10-9-16-12-6-4-5-11-7-8-17-13(11)12/h4-8,16-17H,9-10H2,1-3H3,(H,18,19). The summed E-state index contributed by atoms with van der Waals surface area (Å²) in [7, 11) is 0. The lowest BCUT2D eigenvalue weighted by Crippen LogP contribution is -2.35. The number of aromatic amines is 1. The summed E-state index contributed by atoms with van der Waals surface area (Å²) in [5, 5.41) is 7.17. The maximum atomic E-state index is 11.5. The molecule has 1 heterocycles. The first kappa shape index (κ1) is 14.2. The molecule has 0 saturated heterocycles. The Morgan fingerprint density at radius 1 is 1.25 bits per heavy atom. The van der Waals surface area contributed by atoms with Crippen molar-refractivity contribution in [2.24, 2.45) is 0 Å². The second kappa shape index (κ2) is 5.86. The molecule has 5 heteroatoms. The first-order valence-corrected chi connectivity index (χ1v) is 6.72. The second-order valence-electron chi connectivity index (χ2n) is 5.60. The Morgan fingerprint density at radius 3 is 2.80 bits per heavy atom. The van der Waals surface area contributed by atoms with Crippen LogP contribution in [0.25, 0.3) is 10.9 Å². The van der Waals surface area contributed by atoms with Crippen molar-refractivity contribution in [2.75, 3.05) is 18.4 Å². The van der Waals surface area contributed by atoms with E-state index in [0.29, 0.717) is 13.1 Å². The second-order valence-corrected chi connectivity index (χ2v) is 5.60. The first-order chi connectivity index (χ1) is 9.46. The first-order valence-electron chi connectivity index (χ1n) is 6.72. The summed E-state index contributed by atoms with van der Waals surface area (Å²) in [6.45, 7) is 6.67. The van der Waals surface area contributed by atoms with Gasteiger partial charge in [0.05, 0.1) is 11.2 Å². The van der Waals surface area contributed by atoms with Gasteiger partial charge >= 0.3 is 6.09 Å². The van der Waals surface area contributed by atoms with E-state index in [1.54, 1.807) is 0 Å². The van der Waals surface area contributed by atoms with Crippen LogP contribution >= 0.6 is 0 Å². The van der Waals surface area contributed by atoms with Crippen molar-refractivity contribution < 1.29 is 9.53 Å². The van der Waals surface area contributed by atoms with Gasteiger partial charge in [-0.15, -0.1) is 0 Å². The molecule has 20 heavy (non-hydrogen) atoms. The summed E-state index contributed by atoms with van der Waals surface area (Å²) >= 11 is 0. The Labute approximate surface area is 118 Å². The zero-order valence-electron chi connectivity index (χ0n) is 12.1. The van der Waals surface area contributed by atoms with Crippen LogP contribution < -0.4 is 10.6 Å². The molecule has 1 amide bonds. The van der Waals surface area contributed by atoms with E-state index in [-0.39, 0.29) is 0 Å². The average molecular weight is 275 g/mol. The molecule has 0 fully saturated rings. The number of amides is 1. The molecule has 0 atom stereocenters. The number of H-pyrrole nitrogens is 1. The van der Waals surface area contributed by atoms with Gasteiger partial charge in [-0.05, 0) is 32.9 Å². The van der Waals surface area contributed by atoms with Gasteiger partial charge in [0.1, 0.15) is 5.60 Å². The van der Waals surface area contributed by atoms with Crippen LogP contribution in [-0.4, -0.2) is 29.8 Å². The van der Waals surface area contributed by atoms with Crippen molar-refractivity contribution in [1.29, 1.82) is 0 Å². The number of ether oxygens (including phenoxy) is 1. The lowest BCUT2D eigenvalue weighted by atomic mass is 10.2. The number of rotatable bonds is 4. The molecule has 108 valence electrons.